The molecule has 1 heterocycles. The predicted octanol–water partition coefficient (Wildman–Crippen LogP) is 2.80. The number of nitrogens with two attached hydrogens (primary N) is 1. The van der Waals surface area contributed by atoms with E-state index in [1.165, 1.54) is 0 Å². The first-order chi connectivity index (χ1) is 8.17. The minimum absolute atomic E-state index is 0.342. The van der Waals surface area contributed by atoms with E-state index >= 15 is 0 Å². The number of anilines is 1. The molecule has 0 aliphatic heterocycles. The molecule has 0 amide bonds. The Hall–Kier alpha value is -2.12. The van der Waals surface area contributed by atoms with E-state index in [0.29, 0.717) is 27.7 Å². The molecule has 0 unspecified atom stereocenters. The van der Waals surface area contributed by atoms with Crippen LogP contribution in [0.25, 0.3) is 11.1 Å². The van der Waals surface area contributed by atoms with Gasteiger partial charge in [0.2, 0.25) is 0 Å². The van der Waals surface area contributed by atoms with Crippen molar-refractivity contribution in [2.24, 2.45) is 0 Å². The first kappa shape index (κ1) is 11.4. The monoisotopic (exact) mass is 247 g/mol. The average molecular weight is 248 g/mol. The van der Waals surface area contributed by atoms with Crippen molar-refractivity contribution in [3.63, 3.8) is 0 Å². The molecule has 0 radical (unpaired) electrons. The molecule has 0 saturated carbocycles. The van der Waals surface area contributed by atoms with Gasteiger partial charge in [0.15, 0.2) is 0 Å². The Morgan fingerprint density at radius 2 is 2.18 bits per heavy atom. The fourth-order valence-corrected chi connectivity index (χ4v) is 1.89. The Kier molecular flexibility index (Phi) is 2.94. The molecule has 0 saturated heterocycles. The lowest BCUT2D eigenvalue weighted by molar-refractivity contribution is 0.415. The van der Waals surface area contributed by atoms with Crippen molar-refractivity contribution in [3.8, 4) is 22.9 Å². The second kappa shape index (κ2) is 4.40. The van der Waals surface area contributed by atoms with Gasteiger partial charge in [-0.15, -0.1) is 0 Å². The molecule has 4 nitrogen and oxygen atoms in total. The van der Waals surface area contributed by atoms with E-state index in [1.807, 2.05) is 0 Å². The van der Waals surface area contributed by atoms with E-state index in [4.69, 9.17) is 27.3 Å². The largest absolute Gasteiger partial charge is 0.497 e. The lowest BCUT2D eigenvalue weighted by Crippen LogP contribution is -1.88. The number of ether oxygens (including phenoxy) is 1. The Labute approximate surface area is 104 Å². The maximum absolute atomic E-state index is 9.02. The summed E-state index contributed by atoms with van der Waals surface area (Å²) < 4.78 is 5.07. The number of nitrogens with one attached hydrogen (secondary N) is 1. The van der Waals surface area contributed by atoms with Crippen LogP contribution in [0.3, 0.4) is 0 Å². The lowest BCUT2D eigenvalue weighted by atomic mass is 10.0. The fourth-order valence-electron chi connectivity index (χ4n) is 1.61. The summed E-state index contributed by atoms with van der Waals surface area (Å²) in [5.74, 6) is 1.01. The number of nitrogens with zero attached hydrogens (tertiary/aromatic N) is 1. The highest BCUT2D eigenvalue weighted by Gasteiger charge is 2.13. The van der Waals surface area contributed by atoms with Crippen molar-refractivity contribution in [2.45, 2.75) is 0 Å². The van der Waals surface area contributed by atoms with Gasteiger partial charge in [-0.3, -0.25) is 0 Å². The number of hydrogen-bond donors (Lipinski definition) is 2. The molecule has 0 bridgehead atoms. The number of aromatic nitrogens is 1. The van der Waals surface area contributed by atoms with Gasteiger partial charge in [-0.05, 0) is 18.2 Å². The molecule has 0 fully saturated rings. The molecule has 3 N–H and O–H groups in total. The summed E-state index contributed by atoms with van der Waals surface area (Å²) in [6.07, 6.45) is 1.67. The predicted molar refractivity (Wildman–Crippen MR) is 66.9 cm³/mol. The number of benzene rings is 1. The maximum atomic E-state index is 9.02. The molecular weight excluding hydrogens is 238 g/mol. The van der Waals surface area contributed by atoms with Gasteiger partial charge in [-0.1, -0.05) is 11.6 Å². The molecule has 2 aromatic rings. The van der Waals surface area contributed by atoms with E-state index in [1.54, 1.807) is 31.5 Å². The van der Waals surface area contributed by atoms with Crippen LogP contribution in [0.4, 0.5) is 5.82 Å². The highest BCUT2D eigenvalue weighted by atomic mass is 35.5. The number of nitrogen functional groups attached to an aromatic ring is 1. The van der Waals surface area contributed by atoms with E-state index in [0.717, 1.165) is 5.56 Å². The third-order valence-electron chi connectivity index (χ3n) is 2.49. The van der Waals surface area contributed by atoms with Crippen LogP contribution < -0.4 is 10.5 Å². The van der Waals surface area contributed by atoms with Crippen LogP contribution in [-0.2, 0) is 0 Å². The van der Waals surface area contributed by atoms with E-state index < -0.39 is 0 Å². The third kappa shape index (κ3) is 1.93. The van der Waals surface area contributed by atoms with Gasteiger partial charge in [0.25, 0.3) is 0 Å². The van der Waals surface area contributed by atoms with Crippen LogP contribution in [0.15, 0.2) is 24.4 Å². The molecule has 0 aliphatic carbocycles. The SMILES string of the molecule is COc1ccc(-c2c[nH]c(N)c2C#N)c(Cl)c1. The Bertz CT molecular complexity index is 598. The zero-order valence-electron chi connectivity index (χ0n) is 9.12. The van der Waals surface area contributed by atoms with Gasteiger partial charge < -0.3 is 15.5 Å². The standard InChI is InChI=1S/C12H10ClN3O/c1-17-7-2-3-8(11(13)4-7)10-6-16-12(15)9(10)5-14/h2-4,6,16H,15H2,1H3. The molecule has 0 spiro atoms. The third-order valence-corrected chi connectivity index (χ3v) is 2.80. The maximum Gasteiger partial charge on any atom is 0.120 e. The molecule has 0 aliphatic rings. The molecule has 17 heavy (non-hydrogen) atoms. The molecule has 1 aromatic carbocycles. The van der Waals surface area contributed by atoms with Gasteiger partial charge in [-0.2, -0.15) is 5.26 Å². The van der Waals surface area contributed by atoms with Crippen molar-refractivity contribution in [1.29, 1.82) is 5.26 Å². The van der Waals surface area contributed by atoms with E-state index in [9.17, 15) is 0 Å². The minimum Gasteiger partial charge on any atom is -0.497 e. The lowest BCUT2D eigenvalue weighted by Gasteiger charge is -2.05. The van der Waals surface area contributed by atoms with Crippen LogP contribution >= 0.6 is 11.6 Å². The molecule has 0 atom stereocenters. The summed E-state index contributed by atoms with van der Waals surface area (Å²) in [4.78, 5) is 2.81. The number of hydrogen-bond acceptors (Lipinski definition) is 3. The van der Waals surface area contributed by atoms with E-state index in [2.05, 4.69) is 11.1 Å². The fraction of sp³-hybridized carbons (Fsp3) is 0.0833. The van der Waals surface area contributed by atoms with Crippen molar-refractivity contribution in [2.75, 3.05) is 12.8 Å². The van der Waals surface area contributed by atoms with E-state index in [-0.39, 0.29) is 0 Å². The molecule has 1 aromatic heterocycles. The number of halogens is 1. The van der Waals surface area contributed by atoms with Gasteiger partial charge in [0.05, 0.1) is 12.1 Å². The number of H-pyrrole nitrogens is 1. The van der Waals surface area contributed by atoms with Gasteiger partial charge in [0, 0.05) is 17.3 Å². The van der Waals surface area contributed by atoms with Gasteiger partial charge in [-0.25, -0.2) is 0 Å². The second-order valence-corrected chi connectivity index (χ2v) is 3.86. The zero-order chi connectivity index (χ0) is 12.4. The van der Waals surface area contributed by atoms with Crippen LogP contribution in [0, 0.1) is 11.3 Å². The first-order valence-corrected chi connectivity index (χ1v) is 5.26. The van der Waals surface area contributed by atoms with Crippen molar-refractivity contribution in [1.82, 2.24) is 4.98 Å². The Morgan fingerprint density at radius 1 is 1.41 bits per heavy atom. The smallest absolute Gasteiger partial charge is 0.120 e. The van der Waals surface area contributed by atoms with Crippen LogP contribution in [0.5, 0.6) is 5.75 Å². The first-order valence-electron chi connectivity index (χ1n) is 4.88. The Balaban J connectivity index is 2.58. The summed E-state index contributed by atoms with van der Waals surface area (Å²) in [6.45, 7) is 0. The topological polar surface area (TPSA) is 74.8 Å². The molecule has 86 valence electrons. The van der Waals surface area contributed by atoms with Crippen molar-refractivity contribution >= 4 is 17.4 Å². The van der Waals surface area contributed by atoms with Crippen LogP contribution in [-0.4, -0.2) is 12.1 Å². The van der Waals surface area contributed by atoms with Crippen molar-refractivity contribution in [3.05, 3.63) is 35.0 Å². The van der Waals surface area contributed by atoms with Gasteiger partial charge >= 0.3 is 0 Å². The molecular formula is C12H10ClN3O. The molecule has 5 heteroatoms. The normalized spacial score (nSPS) is 9.94. The van der Waals surface area contributed by atoms with Crippen LogP contribution in [0.2, 0.25) is 5.02 Å². The highest BCUT2D eigenvalue weighted by molar-refractivity contribution is 6.33. The summed E-state index contributed by atoms with van der Waals surface area (Å²) in [7, 11) is 1.57. The second-order valence-electron chi connectivity index (χ2n) is 3.45. The summed E-state index contributed by atoms with van der Waals surface area (Å²) >= 11 is 6.14. The number of rotatable bonds is 2. The zero-order valence-corrected chi connectivity index (χ0v) is 9.88. The summed E-state index contributed by atoms with van der Waals surface area (Å²) in [5.41, 5.74) is 7.49. The number of aromatic amines is 1. The van der Waals surface area contributed by atoms with Crippen molar-refractivity contribution < 1.29 is 4.74 Å². The minimum atomic E-state index is 0.342. The summed E-state index contributed by atoms with van der Waals surface area (Å²) in [6, 6.07) is 7.33. The highest BCUT2D eigenvalue weighted by Crippen LogP contribution is 2.34. The number of nitriles is 1. The average Bonchev–Trinajstić information content (AvgIpc) is 2.70. The summed E-state index contributed by atoms with van der Waals surface area (Å²) in [5, 5.41) is 9.54. The quantitative estimate of drug-likeness (QED) is 0.857. The van der Waals surface area contributed by atoms with Crippen LogP contribution in [0.1, 0.15) is 5.56 Å². The van der Waals surface area contributed by atoms with Gasteiger partial charge in [0.1, 0.15) is 23.2 Å². The molecule has 2 rings (SSSR count). The number of methoxy groups -OCH3 is 1. The Morgan fingerprint density at radius 3 is 2.76 bits per heavy atom.